The minimum absolute atomic E-state index is 0.656. The Morgan fingerprint density at radius 2 is 2.33 bits per heavy atom. The molecule has 0 saturated heterocycles. The predicted molar refractivity (Wildman–Crippen MR) is 74.2 cm³/mol. The maximum Gasteiger partial charge on any atom is 0.101 e. The van der Waals surface area contributed by atoms with Crippen molar-refractivity contribution in [2.75, 3.05) is 11.9 Å². The third-order valence-electron chi connectivity index (χ3n) is 2.54. The molecule has 0 spiro atoms. The van der Waals surface area contributed by atoms with Crippen LogP contribution in [-0.2, 0) is 6.54 Å². The molecule has 0 aliphatic carbocycles. The van der Waals surface area contributed by atoms with E-state index in [0.29, 0.717) is 5.56 Å². The van der Waals surface area contributed by atoms with Gasteiger partial charge in [0.15, 0.2) is 0 Å². The average molecular weight is 305 g/mol. The highest BCUT2D eigenvalue weighted by molar-refractivity contribution is 9.10. The van der Waals surface area contributed by atoms with Crippen LogP contribution in [0.1, 0.15) is 12.0 Å². The first-order valence-corrected chi connectivity index (χ1v) is 6.50. The highest BCUT2D eigenvalue weighted by atomic mass is 79.9. The molecule has 0 unspecified atom stereocenters. The number of aromatic nitrogens is 2. The summed E-state index contributed by atoms with van der Waals surface area (Å²) in [7, 11) is 0. The predicted octanol–water partition coefficient (Wildman–Crippen LogP) is 3.02. The fourth-order valence-electron chi connectivity index (χ4n) is 1.66. The molecule has 0 aliphatic heterocycles. The molecule has 2 rings (SSSR count). The molecule has 0 fully saturated rings. The van der Waals surface area contributed by atoms with Gasteiger partial charge in [-0.2, -0.15) is 10.4 Å². The van der Waals surface area contributed by atoms with Crippen LogP contribution in [0.25, 0.3) is 0 Å². The number of halogens is 1. The third kappa shape index (κ3) is 3.34. The second kappa shape index (κ2) is 6.22. The zero-order valence-electron chi connectivity index (χ0n) is 9.81. The van der Waals surface area contributed by atoms with Crippen LogP contribution in [0, 0.1) is 11.3 Å². The summed E-state index contributed by atoms with van der Waals surface area (Å²) in [4.78, 5) is 0. The van der Waals surface area contributed by atoms with Gasteiger partial charge in [0.1, 0.15) is 6.07 Å². The number of nitrogens with one attached hydrogen (secondary N) is 1. The summed E-state index contributed by atoms with van der Waals surface area (Å²) >= 11 is 3.35. The first kappa shape index (κ1) is 12.7. The van der Waals surface area contributed by atoms with Gasteiger partial charge < -0.3 is 5.32 Å². The largest absolute Gasteiger partial charge is 0.384 e. The quantitative estimate of drug-likeness (QED) is 0.864. The summed E-state index contributed by atoms with van der Waals surface area (Å²) in [6.45, 7) is 1.69. The Bertz CT molecular complexity index is 543. The molecular formula is C13H13BrN4. The SMILES string of the molecule is N#Cc1cc(Br)ccc1NCCCn1cccn1. The van der Waals surface area contributed by atoms with E-state index >= 15 is 0 Å². The Morgan fingerprint density at radius 3 is 3.06 bits per heavy atom. The van der Waals surface area contributed by atoms with Crippen molar-refractivity contribution in [3.63, 3.8) is 0 Å². The molecule has 18 heavy (non-hydrogen) atoms. The van der Waals surface area contributed by atoms with Gasteiger partial charge in [-0.15, -0.1) is 0 Å². The van der Waals surface area contributed by atoms with E-state index in [2.05, 4.69) is 32.4 Å². The zero-order chi connectivity index (χ0) is 12.8. The van der Waals surface area contributed by atoms with Crippen molar-refractivity contribution in [3.8, 4) is 6.07 Å². The van der Waals surface area contributed by atoms with Crippen molar-refractivity contribution in [2.45, 2.75) is 13.0 Å². The third-order valence-corrected chi connectivity index (χ3v) is 3.03. The number of hydrogen-bond donors (Lipinski definition) is 1. The second-order valence-electron chi connectivity index (χ2n) is 3.85. The van der Waals surface area contributed by atoms with E-state index in [1.54, 1.807) is 6.20 Å². The molecule has 1 N–H and O–H groups in total. The summed E-state index contributed by atoms with van der Waals surface area (Å²) in [5.74, 6) is 0. The number of rotatable bonds is 5. The zero-order valence-corrected chi connectivity index (χ0v) is 11.4. The van der Waals surface area contributed by atoms with Gasteiger partial charge in [0.25, 0.3) is 0 Å². The van der Waals surface area contributed by atoms with Gasteiger partial charge in [-0.1, -0.05) is 15.9 Å². The topological polar surface area (TPSA) is 53.6 Å². The van der Waals surface area contributed by atoms with Crippen LogP contribution in [0.3, 0.4) is 0 Å². The van der Waals surface area contributed by atoms with Crippen molar-refractivity contribution in [1.29, 1.82) is 5.26 Å². The van der Waals surface area contributed by atoms with E-state index in [1.165, 1.54) is 0 Å². The maximum atomic E-state index is 9.02. The van der Waals surface area contributed by atoms with Crippen LogP contribution >= 0.6 is 15.9 Å². The lowest BCUT2D eigenvalue weighted by Gasteiger charge is -2.08. The molecule has 92 valence electrons. The molecule has 0 bridgehead atoms. The minimum Gasteiger partial charge on any atom is -0.384 e. The van der Waals surface area contributed by atoms with E-state index in [0.717, 1.165) is 29.7 Å². The molecule has 0 saturated carbocycles. The van der Waals surface area contributed by atoms with E-state index in [9.17, 15) is 0 Å². The van der Waals surface area contributed by atoms with Gasteiger partial charge in [-0.25, -0.2) is 0 Å². The molecule has 0 amide bonds. The van der Waals surface area contributed by atoms with Crippen LogP contribution in [0.2, 0.25) is 0 Å². The lowest BCUT2D eigenvalue weighted by atomic mass is 10.2. The normalized spacial score (nSPS) is 10.0. The Balaban J connectivity index is 1.85. The molecule has 0 atom stereocenters. The monoisotopic (exact) mass is 304 g/mol. The fraction of sp³-hybridized carbons (Fsp3) is 0.231. The van der Waals surface area contributed by atoms with Crippen molar-refractivity contribution in [2.24, 2.45) is 0 Å². The smallest absolute Gasteiger partial charge is 0.101 e. The first-order chi connectivity index (χ1) is 8.79. The van der Waals surface area contributed by atoms with Crippen LogP contribution in [0.4, 0.5) is 5.69 Å². The number of nitriles is 1. The lowest BCUT2D eigenvalue weighted by Crippen LogP contribution is -2.07. The van der Waals surface area contributed by atoms with Gasteiger partial charge in [0.05, 0.1) is 11.3 Å². The number of hydrogen-bond acceptors (Lipinski definition) is 3. The number of benzene rings is 1. The molecule has 5 heteroatoms. The van der Waals surface area contributed by atoms with Crippen molar-refractivity contribution < 1.29 is 0 Å². The molecule has 4 nitrogen and oxygen atoms in total. The molecular weight excluding hydrogens is 292 g/mol. The minimum atomic E-state index is 0.656. The molecule has 2 aromatic rings. The Morgan fingerprint density at radius 1 is 1.44 bits per heavy atom. The molecule has 1 aromatic heterocycles. The fourth-order valence-corrected chi connectivity index (χ4v) is 2.02. The lowest BCUT2D eigenvalue weighted by molar-refractivity contribution is 0.592. The summed E-state index contributed by atoms with van der Waals surface area (Å²) in [6, 6.07) is 9.75. The summed E-state index contributed by atoms with van der Waals surface area (Å²) < 4.78 is 2.82. The molecule has 1 aromatic carbocycles. The van der Waals surface area contributed by atoms with Gasteiger partial charge in [-0.3, -0.25) is 4.68 Å². The first-order valence-electron chi connectivity index (χ1n) is 5.70. The van der Waals surface area contributed by atoms with Crippen LogP contribution in [0.15, 0.2) is 41.1 Å². The summed E-state index contributed by atoms with van der Waals surface area (Å²) in [6.07, 6.45) is 4.68. The number of nitrogens with zero attached hydrogens (tertiary/aromatic N) is 3. The standard InChI is InChI=1S/C13H13BrN4/c14-12-3-4-13(11(9-12)10-15)16-5-1-7-18-8-2-6-17-18/h2-4,6,8-9,16H,1,5,7H2. The van der Waals surface area contributed by atoms with E-state index in [4.69, 9.17) is 5.26 Å². The van der Waals surface area contributed by atoms with E-state index in [1.807, 2.05) is 35.1 Å². The molecule has 0 radical (unpaired) electrons. The van der Waals surface area contributed by atoms with Gasteiger partial charge >= 0.3 is 0 Å². The second-order valence-corrected chi connectivity index (χ2v) is 4.77. The maximum absolute atomic E-state index is 9.02. The van der Waals surface area contributed by atoms with Gasteiger partial charge in [0.2, 0.25) is 0 Å². The van der Waals surface area contributed by atoms with Gasteiger partial charge in [0, 0.05) is 30.0 Å². The number of aryl methyl sites for hydroxylation is 1. The average Bonchev–Trinajstić information content (AvgIpc) is 2.89. The Kier molecular flexibility index (Phi) is 4.37. The van der Waals surface area contributed by atoms with E-state index in [-0.39, 0.29) is 0 Å². The van der Waals surface area contributed by atoms with Crippen molar-refractivity contribution >= 4 is 21.6 Å². The molecule has 0 aliphatic rings. The van der Waals surface area contributed by atoms with E-state index < -0.39 is 0 Å². The summed E-state index contributed by atoms with van der Waals surface area (Å²) in [5, 5.41) is 16.4. The van der Waals surface area contributed by atoms with Crippen LogP contribution < -0.4 is 5.32 Å². The Hall–Kier alpha value is -1.80. The van der Waals surface area contributed by atoms with Crippen LogP contribution in [-0.4, -0.2) is 16.3 Å². The number of anilines is 1. The van der Waals surface area contributed by atoms with Gasteiger partial charge in [-0.05, 0) is 30.7 Å². The van der Waals surface area contributed by atoms with Crippen LogP contribution in [0.5, 0.6) is 0 Å². The highest BCUT2D eigenvalue weighted by Gasteiger charge is 2.01. The highest BCUT2D eigenvalue weighted by Crippen LogP contribution is 2.20. The Labute approximate surface area is 114 Å². The van der Waals surface area contributed by atoms with Crippen molar-refractivity contribution in [1.82, 2.24) is 9.78 Å². The summed E-state index contributed by atoms with van der Waals surface area (Å²) in [5.41, 5.74) is 1.53. The van der Waals surface area contributed by atoms with Crippen molar-refractivity contribution in [3.05, 3.63) is 46.7 Å². The molecule has 1 heterocycles.